The van der Waals surface area contributed by atoms with E-state index in [0.29, 0.717) is 33.4 Å². The van der Waals surface area contributed by atoms with Crippen LogP contribution in [0.2, 0.25) is 0 Å². The average Bonchev–Trinajstić information content (AvgIpc) is 1.05. The Morgan fingerprint density at radius 3 is 0.511 bits per heavy atom. The van der Waals surface area contributed by atoms with Crippen molar-refractivity contribution in [1.29, 1.82) is 0 Å². The first-order chi connectivity index (χ1) is 42.1. The first kappa shape index (κ1) is 77.7. The molecule has 2 radical (unpaired) electrons. The van der Waals surface area contributed by atoms with E-state index in [1.807, 2.05) is 102 Å². The molecule has 16 nitrogen and oxygen atoms in total. The molecule has 0 atom stereocenters. The molecule has 4 aliphatic heterocycles. The Bertz CT molecular complexity index is 3320. The summed E-state index contributed by atoms with van der Waals surface area (Å²) in [6, 6.07) is 51.0. The van der Waals surface area contributed by atoms with Crippen LogP contribution in [0.15, 0.2) is 219 Å². The minimum atomic E-state index is -1.35. The van der Waals surface area contributed by atoms with Crippen molar-refractivity contribution in [2.45, 2.75) is 79.3 Å². The largest absolute Gasteiger partial charge is 0.665 e. The van der Waals surface area contributed by atoms with Gasteiger partial charge in [-0.05, 0) is 62.4 Å². The quantitative estimate of drug-likeness (QED) is 0.0692. The Morgan fingerprint density at radius 1 is 0.233 bits per heavy atom. The molecule has 0 aliphatic carbocycles. The van der Waals surface area contributed by atoms with Crippen LogP contribution in [-0.2, 0) is 0 Å². The van der Waals surface area contributed by atoms with Crippen LogP contribution in [0.4, 0.5) is 22.7 Å². The fourth-order valence-electron chi connectivity index (χ4n) is 8.34. The van der Waals surface area contributed by atoms with Crippen molar-refractivity contribution in [2.24, 2.45) is 0 Å². The minimum absolute atomic E-state index is 0. The van der Waals surface area contributed by atoms with Gasteiger partial charge in [0.2, 0.25) is 0 Å². The van der Waals surface area contributed by atoms with Crippen LogP contribution in [0.3, 0.4) is 0 Å². The summed E-state index contributed by atoms with van der Waals surface area (Å²) >= 11 is 0. The Kier molecular flexibility index (Phi) is 35.5. The summed E-state index contributed by atoms with van der Waals surface area (Å²) in [5, 5.41) is 126. The minimum Gasteiger partial charge on any atom is -0.665 e. The zero-order chi connectivity index (χ0) is 64.1. The number of nitrogens with zero attached hydrogens (tertiary/aromatic N) is 4. The molecule has 12 rings (SSSR count). The number of allylic oxidation sites excluding steroid dienone is 4. The Hall–Kier alpha value is -6.51. The summed E-state index contributed by atoms with van der Waals surface area (Å²) in [4.78, 5) is 0. The van der Waals surface area contributed by atoms with E-state index in [-0.39, 0.29) is 77.2 Å². The first-order valence-electron chi connectivity index (χ1n) is 27.8. The molecule has 8 aromatic rings. The SMILES string of the molecule is C1=C[N-]c2c3c(ccc2=C1)=CC=C[N-]3.C1=C[N-]c2c3c(ccc2=C1)=CC=C[N-]3.Cc1cccc(C(O)O)c1.Cc1cccc(C(O)O)c1.Cc1cccc(C(O)O)c1.Cc1cccc(C(O)O)c1.Cc1cccc(C(O)O)c1.Cc1cccc(C(O)O)c1.[Tb].[Tb]. The number of benzene rings is 8. The molecule has 478 valence electrons. The van der Waals surface area contributed by atoms with Gasteiger partial charge < -0.3 is 82.5 Å². The number of aliphatic hydroxyl groups excluding tert-OH is 6. The predicted molar refractivity (Wildman–Crippen MR) is 348 cm³/mol. The normalized spacial score (nSPS) is 11.7. The molecule has 0 saturated heterocycles. The molecule has 0 unspecified atom stereocenters. The first-order valence-corrected chi connectivity index (χ1v) is 27.8. The standard InChI is InChI=1S/2C12H8N2.6C8H10O2.2Tb/c2*1-3-9-5-6-10-4-2-8-14-12(10)11(9)13-7-1;6*1-6-3-2-4-7(5-6)8(9)10;;/h2*1-8H;6*2-5,8-10H,1H3;;/q2*-2;;;;;;;;. The molecule has 4 heterocycles. The molecule has 0 fully saturated rings. The molecule has 18 heteroatoms. The van der Waals surface area contributed by atoms with Gasteiger partial charge in [0.1, 0.15) is 0 Å². The molecule has 8 aromatic carbocycles. The Morgan fingerprint density at radius 2 is 0.389 bits per heavy atom. The third-order valence-corrected chi connectivity index (χ3v) is 12.7. The molecule has 90 heavy (non-hydrogen) atoms. The van der Waals surface area contributed by atoms with E-state index in [4.69, 9.17) is 61.3 Å². The fourth-order valence-corrected chi connectivity index (χ4v) is 8.34. The van der Waals surface area contributed by atoms with Gasteiger partial charge in [-0.2, -0.15) is 24.8 Å². The van der Waals surface area contributed by atoms with Crippen LogP contribution in [0.5, 0.6) is 0 Å². The Balaban J connectivity index is 0.000000269. The van der Waals surface area contributed by atoms with E-state index in [1.54, 1.807) is 134 Å². The predicted octanol–water partition coefficient (Wildman–Crippen LogP) is 10.5. The maximum Gasteiger partial charge on any atom is 0.178 e. The number of aryl methyl sites for hydroxylation is 6. The molecule has 0 amide bonds. The van der Waals surface area contributed by atoms with E-state index >= 15 is 0 Å². The zero-order valence-electron chi connectivity index (χ0n) is 50.4. The second kappa shape index (κ2) is 41.1. The summed E-state index contributed by atoms with van der Waals surface area (Å²) in [7, 11) is 0. The zero-order valence-corrected chi connectivity index (χ0v) is 54.7. The third-order valence-electron chi connectivity index (χ3n) is 12.7. The number of hydrogen-bond acceptors (Lipinski definition) is 12. The van der Waals surface area contributed by atoms with Crippen molar-refractivity contribution in [1.82, 2.24) is 0 Å². The third kappa shape index (κ3) is 27.1. The summed E-state index contributed by atoms with van der Waals surface area (Å²) in [5.74, 6) is 0. The molecular weight excluding hydrogens is 1430 g/mol. The summed E-state index contributed by atoms with van der Waals surface area (Å²) in [6.45, 7) is 11.5. The average molecular weight is 1510 g/mol. The van der Waals surface area contributed by atoms with Gasteiger partial charge in [-0.1, -0.05) is 252 Å². The smallest absolute Gasteiger partial charge is 0.178 e. The van der Waals surface area contributed by atoms with Crippen LogP contribution >= 0.6 is 0 Å². The van der Waals surface area contributed by atoms with Gasteiger partial charge in [0.25, 0.3) is 0 Å². The van der Waals surface area contributed by atoms with Crippen LogP contribution in [-0.4, -0.2) is 61.3 Å². The van der Waals surface area contributed by atoms with Gasteiger partial charge >= 0.3 is 0 Å². The molecule has 12 N–H and O–H groups in total. The van der Waals surface area contributed by atoms with Crippen LogP contribution in [0, 0.1) is 119 Å². The van der Waals surface area contributed by atoms with Crippen molar-refractivity contribution in [3.8, 4) is 0 Å². The van der Waals surface area contributed by atoms with Crippen LogP contribution in [0.25, 0.3) is 45.6 Å². The molecule has 0 spiro atoms. The van der Waals surface area contributed by atoms with Gasteiger partial charge in [-0.15, -0.1) is 22.7 Å². The van der Waals surface area contributed by atoms with Crippen molar-refractivity contribution in [2.75, 3.05) is 0 Å². The van der Waals surface area contributed by atoms with Crippen LogP contribution in [0.1, 0.15) is 105 Å². The van der Waals surface area contributed by atoms with Gasteiger partial charge in [-0.25, -0.2) is 0 Å². The van der Waals surface area contributed by atoms with E-state index in [0.717, 1.165) is 77.0 Å². The van der Waals surface area contributed by atoms with E-state index in [9.17, 15) is 0 Å². The number of hydrogen-bond donors (Lipinski definition) is 12. The second-order valence-corrected chi connectivity index (χ2v) is 20.2. The summed E-state index contributed by atoms with van der Waals surface area (Å²) in [5.41, 5.74) is 13.4. The van der Waals surface area contributed by atoms with Gasteiger partial charge in [-0.3, -0.25) is 0 Å². The maximum atomic E-state index is 8.70. The molecule has 0 saturated carbocycles. The van der Waals surface area contributed by atoms with Crippen molar-refractivity contribution in [3.05, 3.63) is 328 Å². The molecule has 0 bridgehead atoms. The fraction of sp³-hybridized carbons (Fsp3) is 0.167. The second-order valence-electron chi connectivity index (χ2n) is 20.2. The van der Waals surface area contributed by atoms with Gasteiger partial charge in [0, 0.05) is 111 Å². The summed E-state index contributed by atoms with van der Waals surface area (Å²) < 4.78 is 0. The molecular formula is C72H76N4O12Tb2-4. The van der Waals surface area contributed by atoms with Gasteiger partial charge in [0.05, 0.1) is 0 Å². The Labute approximate surface area is 587 Å². The van der Waals surface area contributed by atoms with Crippen molar-refractivity contribution < 1.29 is 139 Å². The number of fused-ring (bicyclic) bond motifs is 6. The van der Waals surface area contributed by atoms with E-state index in [1.165, 1.54) is 0 Å². The number of rotatable bonds is 6. The molecule has 4 aliphatic rings. The van der Waals surface area contributed by atoms with Crippen molar-refractivity contribution >= 4 is 47.1 Å². The van der Waals surface area contributed by atoms with E-state index < -0.39 is 37.7 Å². The topological polar surface area (TPSA) is 299 Å². The maximum absolute atomic E-state index is 8.70. The van der Waals surface area contributed by atoms with Gasteiger partial charge in [0.15, 0.2) is 37.7 Å². The van der Waals surface area contributed by atoms with E-state index in [2.05, 4.69) is 69.8 Å². The molecule has 0 aromatic heterocycles. The van der Waals surface area contributed by atoms with Crippen molar-refractivity contribution in [3.63, 3.8) is 0 Å². The van der Waals surface area contributed by atoms with Crippen LogP contribution < -0.4 is 20.9 Å². The monoisotopic (exact) mass is 1510 g/mol. The summed E-state index contributed by atoms with van der Waals surface area (Å²) in [6.07, 6.45) is 15.1. The number of aliphatic hydroxyl groups is 12.